The third-order valence-corrected chi connectivity index (χ3v) is 3.85. The number of anilines is 2. The van der Waals surface area contributed by atoms with Gasteiger partial charge in [0, 0.05) is 25.7 Å². The molecule has 0 aromatic carbocycles. The minimum atomic E-state index is -0.545. The summed E-state index contributed by atoms with van der Waals surface area (Å²) in [5, 5.41) is 0.0225. The number of aldehydes is 1. The number of halogens is 1. The number of hydrogen-bond acceptors (Lipinski definition) is 7. The van der Waals surface area contributed by atoms with Crippen LogP contribution in [0.1, 0.15) is 38.1 Å². The fourth-order valence-electron chi connectivity index (χ4n) is 2.53. The Morgan fingerprint density at radius 1 is 1.38 bits per heavy atom. The summed E-state index contributed by atoms with van der Waals surface area (Å²) in [6.45, 7) is 8.77. The van der Waals surface area contributed by atoms with Crippen LogP contribution in [0.4, 0.5) is 16.6 Å². The Kier molecular flexibility index (Phi) is 5.17. The van der Waals surface area contributed by atoms with Crippen molar-refractivity contribution >= 4 is 35.7 Å². The van der Waals surface area contributed by atoms with Crippen LogP contribution < -0.4 is 10.6 Å². The van der Waals surface area contributed by atoms with E-state index in [9.17, 15) is 9.59 Å². The highest BCUT2D eigenvalue weighted by Crippen LogP contribution is 2.27. The lowest BCUT2D eigenvalue weighted by Gasteiger charge is -2.41. The van der Waals surface area contributed by atoms with Crippen molar-refractivity contribution in [3.05, 3.63) is 10.7 Å². The lowest BCUT2D eigenvalue weighted by Crippen LogP contribution is -2.55. The summed E-state index contributed by atoms with van der Waals surface area (Å²) in [4.78, 5) is 35.0. The molecule has 9 heteroatoms. The number of hydrogen-bond donors (Lipinski definition) is 1. The first-order valence-corrected chi connectivity index (χ1v) is 8.03. The monoisotopic (exact) mass is 355 g/mol. The fourth-order valence-corrected chi connectivity index (χ4v) is 2.75. The van der Waals surface area contributed by atoms with Crippen LogP contribution in [0.2, 0.25) is 5.15 Å². The highest BCUT2D eigenvalue weighted by atomic mass is 35.5. The normalized spacial score (nSPS) is 18.5. The van der Waals surface area contributed by atoms with Crippen LogP contribution in [0, 0.1) is 0 Å². The van der Waals surface area contributed by atoms with Crippen molar-refractivity contribution in [3.63, 3.8) is 0 Å². The average Bonchev–Trinajstić information content (AvgIpc) is 2.44. The second kappa shape index (κ2) is 6.80. The summed E-state index contributed by atoms with van der Waals surface area (Å²) in [5.74, 6) is 0.390. The van der Waals surface area contributed by atoms with E-state index in [2.05, 4.69) is 9.97 Å². The molecule has 0 bridgehead atoms. The van der Waals surface area contributed by atoms with Crippen LogP contribution in [-0.4, -0.2) is 58.5 Å². The van der Waals surface area contributed by atoms with Gasteiger partial charge in [-0.3, -0.25) is 4.79 Å². The first-order valence-electron chi connectivity index (χ1n) is 7.65. The van der Waals surface area contributed by atoms with E-state index in [0.29, 0.717) is 31.7 Å². The highest BCUT2D eigenvalue weighted by molar-refractivity contribution is 6.32. The number of nitrogens with zero attached hydrogens (tertiary/aromatic N) is 4. The predicted octanol–water partition coefficient (Wildman–Crippen LogP) is 1.97. The van der Waals surface area contributed by atoms with Crippen molar-refractivity contribution in [2.24, 2.45) is 0 Å². The zero-order chi connectivity index (χ0) is 18.1. The van der Waals surface area contributed by atoms with Crippen molar-refractivity contribution in [2.75, 3.05) is 30.3 Å². The molecule has 0 aliphatic carbocycles. The SMILES string of the molecule is C[C@H]1CN(C(=O)OC(C)(C)C)CCN1c1nc(N)nc(Cl)c1C=O. The zero-order valence-corrected chi connectivity index (χ0v) is 15.0. The molecule has 1 fully saturated rings. The quantitative estimate of drug-likeness (QED) is 0.639. The molecule has 1 aliphatic heterocycles. The van der Waals surface area contributed by atoms with Gasteiger partial charge in [0.1, 0.15) is 16.6 Å². The van der Waals surface area contributed by atoms with E-state index in [4.69, 9.17) is 22.1 Å². The molecule has 132 valence electrons. The summed E-state index contributed by atoms with van der Waals surface area (Å²) >= 11 is 5.98. The van der Waals surface area contributed by atoms with Gasteiger partial charge >= 0.3 is 6.09 Å². The van der Waals surface area contributed by atoms with Crippen molar-refractivity contribution < 1.29 is 14.3 Å². The molecule has 1 aromatic rings. The molecule has 0 spiro atoms. The topological polar surface area (TPSA) is 102 Å². The number of carbonyl (C=O) groups excluding carboxylic acids is 2. The van der Waals surface area contributed by atoms with Crippen molar-refractivity contribution in [2.45, 2.75) is 39.3 Å². The molecule has 8 nitrogen and oxygen atoms in total. The second-order valence-electron chi connectivity index (χ2n) is 6.70. The van der Waals surface area contributed by atoms with E-state index in [-0.39, 0.29) is 28.8 Å². The Morgan fingerprint density at radius 3 is 2.58 bits per heavy atom. The summed E-state index contributed by atoms with van der Waals surface area (Å²) in [7, 11) is 0. The largest absolute Gasteiger partial charge is 0.444 e. The summed E-state index contributed by atoms with van der Waals surface area (Å²) in [5.41, 5.74) is 5.30. The lowest BCUT2D eigenvalue weighted by molar-refractivity contribution is 0.0218. The zero-order valence-electron chi connectivity index (χ0n) is 14.2. The van der Waals surface area contributed by atoms with Crippen LogP contribution in [0.5, 0.6) is 0 Å². The number of nitrogen functional groups attached to an aromatic ring is 1. The van der Waals surface area contributed by atoms with Crippen LogP contribution in [-0.2, 0) is 4.74 Å². The molecule has 2 rings (SSSR count). The molecule has 1 aromatic heterocycles. The van der Waals surface area contributed by atoms with Gasteiger partial charge in [0.05, 0.1) is 5.56 Å². The number of piperazine rings is 1. The maximum Gasteiger partial charge on any atom is 0.410 e. The number of ether oxygens (including phenoxy) is 1. The molecule has 2 N–H and O–H groups in total. The van der Waals surface area contributed by atoms with Gasteiger partial charge in [0.15, 0.2) is 6.29 Å². The van der Waals surface area contributed by atoms with Gasteiger partial charge in [-0.05, 0) is 27.7 Å². The van der Waals surface area contributed by atoms with E-state index in [1.54, 1.807) is 4.90 Å². The van der Waals surface area contributed by atoms with E-state index in [1.807, 2.05) is 32.6 Å². The van der Waals surface area contributed by atoms with Crippen molar-refractivity contribution in [1.29, 1.82) is 0 Å². The standard InChI is InChI=1S/C15H22ClN5O3/c1-9-7-20(14(23)24-15(2,3)4)5-6-21(9)12-10(8-22)11(16)18-13(17)19-12/h8-9H,5-7H2,1-4H3,(H2,17,18,19)/t9-/m0/s1. The van der Waals surface area contributed by atoms with Crippen LogP contribution in [0.15, 0.2) is 0 Å². The molecule has 0 saturated carbocycles. The Balaban J connectivity index is 2.18. The van der Waals surface area contributed by atoms with Gasteiger partial charge in [0.25, 0.3) is 0 Å². The van der Waals surface area contributed by atoms with Crippen LogP contribution >= 0.6 is 11.6 Å². The Bertz CT molecular complexity index is 647. The molecule has 24 heavy (non-hydrogen) atoms. The third-order valence-electron chi connectivity index (χ3n) is 3.57. The number of amides is 1. The van der Waals surface area contributed by atoms with Gasteiger partial charge in [0.2, 0.25) is 5.95 Å². The highest BCUT2D eigenvalue weighted by Gasteiger charge is 2.32. The van der Waals surface area contributed by atoms with Crippen molar-refractivity contribution in [1.82, 2.24) is 14.9 Å². The first-order chi connectivity index (χ1) is 11.1. The van der Waals surface area contributed by atoms with Gasteiger partial charge in [-0.25, -0.2) is 9.78 Å². The minimum Gasteiger partial charge on any atom is -0.444 e. The van der Waals surface area contributed by atoms with E-state index in [0.717, 1.165) is 0 Å². The number of aromatic nitrogens is 2. The van der Waals surface area contributed by atoms with E-state index in [1.165, 1.54) is 0 Å². The molecular formula is C15H22ClN5O3. The Hall–Kier alpha value is -2.09. The molecule has 1 amide bonds. The molecule has 1 saturated heterocycles. The second-order valence-corrected chi connectivity index (χ2v) is 7.05. The third kappa shape index (κ3) is 4.05. The number of nitrogens with two attached hydrogens (primary N) is 1. The summed E-state index contributed by atoms with van der Waals surface area (Å²) in [6.07, 6.45) is 0.259. The predicted molar refractivity (Wildman–Crippen MR) is 91.5 cm³/mol. The minimum absolute atomic E-state index is 0.00220. The maximum atomic E-state index is 12.2. The molecule has 1 aliphatic rings. The summed E-state index contributed by atoms with van der Waals surface area (Å²) < 4.78 is 5.40. The number of carbonyl (C=O) groups is 2. The molecule has 1 atom stereocenters. The smallest absolute Gasteiger partial charge is 0.410 e. The van der Waals surface area contributed by atoms with Crippen LogP contribution in [0.3, 0.4) is 0 Å². The average molecular weight is 356 g/mol. The first kappa shape index (κ1) is 18.3. The van der Waals surface area contributed by atoms with Crippen molar-refractivity contribution in [3.8, 4) is 0 Å². The Morgan fingerprint density at radius 2 is 2.04 bits per heavy atom. The van der Waals surface area contributed by atoms with Gasteiger partial charge in [-0.15, -0.1) is 0 Å². The van der Waals surface area contributed by atoms with Crippen LogP contribution in [0.25, 0.3) is 0 Å². The molecule has 2 heterocycles. The van der Waals surface area contributed by atoms with Gasteiger partial charge in [-0.2, -0.15) is 4.98 Å². The van der Waals surface area contributed by atoms with Gasteiger partial charge in [-0.1, -0.05) is 11.6 Å². The Labute approximate surface area is 145 Å². The van der Waals surface area contributed by atoms with E-state index < -0.39 is 5.60 Å². The molecule has 0 unspecified atom stereocenters. The van der Waals surface area contributed by atoms with E-state index >= 15 is 0 Å². The molecular weight excluding hydrogens is 334 g/mol. The number of rotatable bonds is 2. The fraction of sp³-hybridized carbons (Fsp3) is 0.600. The lowest BCUT2D eigenvalue weighted by atomic mass is 10.1. The summed E-state index contributed by atoms with van der Waals surface area (Å²) in [6, 6.07) is -0.0877. The maximum absolute atomic E-state index is 12.2. The van der Waals surface area contributed by atoms with Gasteiger partial charge < -0.3 is 20.3 Å². The molecule has 0 radical (unpaired) electrons.